The predicted octanol–water partition coefficient (Wildman–Crippen LogP) is -8.61. The molecular weight excluding hydrogens is 658 g/mol. The molecule has 21 nitrogen and oxygen atoms in total. The van der Waals surface area contributed by atoms with E-state index in [1.165, 1.54) is 0 Å². The lowest BCUT2D eigenvalue weighted by Gasteiger charge is -2.49. The van der Waals surface area contributed by atoms with E-state index in [0.717, 1.165) is 0 Å². The highest BCUT2D eigenvalue weighted by atomic mass is 16.8. The molecule has 0 aromatic rings. The smallest absolute Gasteiger partial charge is 0.249 e. The van der Waals surface area contributed by atoms with Gasteiger partial charge >= 0.3 is 0 Å². The van der Waals surface area contributed by atoms with Crippen LogP contribution >= 0.6 is 0 Å². The normalized spacial score (nSPS) is 47.5. The zero-order chi connectivity index (χ0) is 36.3. The van der Waals surface area contributed by atoms with Crippen LogP contribution in [0.1, 0.15) is 26.2 Å². The monoisotopic (exact) mass is 713 g/mol. The number of hydrogen-bond acceptors (Lipinski definition) is 20. The van der Waals surface area contributed by atoms with Gasteiger partial charge in [-0.1, -0.05) is 0 Å². The van der Waals surface area contributed by atoms with Gasteiger partial charge in [0.25, 0.3) is 0 Å². The van der Waals surface area contributed by atoms with Crippen LogP contribution in [-0.4, -0.2) is 184 Å². The van der Waals surface area contributed by atoms with Crippen LogP contribution in [0.3, 0.4) is 0 Å². The third kappa shape index (κ3) is 8.85. The van der Waals surface area contributed by atoms with Gasteiger partial charge in [0, 0.05) is 12.6 Å². The van der Waals surface area contributed by atoms with Crippen molar-refractivity contribution in [2.45, 2.75) is 149 Å². The number of hydrogen-bond donors (Lipinski definition) is 14. The molecule has 286 valence electrons. The minimum atomic E-state index is -1.81. The molecule has 4 fully saturated rings. The Morgan fingerprint density at radius 2 is 1.43 bits per heavy atom. The Balaban J connectivity index is 1.58. The van der Waals surface area contributed by atoms with Crippen molar-refractivity contribution < 1.29 is 69.0 Å². The molecule has 49 heavy (non-hydrogen) atoms. The van der Waals surface area contributed by atoms with Gasteiger partial charge in [0.15, 0.2) is 18.9 Å². The summed E-state index contributed by atoms with van der Waals surface area (Å²) in [7, 11) is 0. The second-order valence-electron chi connectivity index (χ2n) is 13.2. The van der Waals surface area contributed by atoms with E-state index >= 15 is 0 Å². The van der Waals surface area contributed by atoms with Gasteiger partial charge in [-0.25, -0.2) is 0 Å². The number of ether oxygens (including phenoxy) is 6. The van der Waals surface area contributed by atoms with Crippen molar-refractivity contribution >= 4 is 5.91 Å². The Morgan fingerprint density at radius 3 is 2.04 bits per heavy atom. The van der Waals surface area contributed by atoms with Gasteiger partial charge in [0.2, 0.25) is 5.91 Å². The summed E-state index contributed by atoms with van der Waals surface area (Å²) in [5, 5.41) is 77.3. The Bertz CT molecular complexity index is 1060. The lowest BCUT2D eigenvalue weighted by molar-refractivity contribution is -0.297. The summed E-state index contributed by atoms with van der Waals surface area (Å²) < 4.78 is 35.4. The summed E-state index contributed by atoms with van der Waals surface area (Å²) in [6.07, 6.45) is -20.1. The maximum atomic E-state index is 12.7. The molecular formula is C28H55N7O14. The largest absolute Gasteiger partial charge is 0.394 e. The van der Waals surface area contributed by atoms with Crippen LogP contribution < -0.4 is 39.7 Å². The zero-order valence-corrected chi connectivity index (χ0v) is 27.2. The Kier molecular flexibility index (Phi) is 14.4. The number of rotatable bonds is 13. The van der Waals surface area contributed by atoms with Gasteiger partial charge < -0.3 is 104 Å². The van der Waals surface area contributed by atoms with E-state index in [2.05, 4.69) is 5.32 Å². The number of amides is 1. The van der Waals surface area contributed by atoms with Gasteiger partial charge in [-0.15, -0.1) is 0 Å². The summed E-state index contributed by atoms with van der Waals surface area (Å²) in [5.41, 5.74) is 35.9. The zero-order valence-electron chi connectivity index (χ0n) is 27.2. The van der Waals surface area contributed by atoms with Crippen LogP contribution in [0.25, 0.3) is 0 Å². The fourth-order valence-electron chi connectivity index (χ4n) is 6.52. The molecule has 20 atom stereocenters. The second kappa shape index (κ2) is 17.5. The number of nitrogens with two attached hydrogens (primary N) is 6. The van der Waals surface area contributed by atoms with Crippen molar-refractivity contribution in [3.05, 3.63) is 0 Å². The molecule has 21 heteroatoms. The number of aliphatic hydroxyl groups excluding tert-OH is 7. The fourth-order valence-corrected chi connectivity index (χ4v) is 6.52. The van der Waals surface area contributed by atoms with Crippen molar-refractivity contribution in [2.75, 3.05) is 19.7 Å². The Hall–Kier alpha value is -1.29. The second-order valence-corrected chi connectivity index (χ2v) is 13.2. The Labute approximate surface area is 283 Å². The summed E-state index contributed by atoms with van der Waals surface area (Å²) >= 11 is 0. The lowest BCUT2D eigenvalue weighted by atomic mass is 9.81. The first-order valence-corrected chi connectivity index (χ1v) is 16.5. The van der Waals surface area contributed by atoms with E-state index in [4.69, 9.17) is 62.8 Å². The molecule has 1 saturated carbocycles. The van der Waals surface area contributed by atoms with E-state index in [-0.39, 0.29) is 25.6 Å². The SMILES string of the molecule is C[C@H](N)[C@@H]1CC[C@@H](N)[C@@H](O[C@@H]2[C@@H](N)[C@H](O)[C@@H](NC(=O)C(O)CCN)[C@H](O)[C@H]2O[C@@H]2O[C@H](CO)[C@@H](O[C@H]3O[C@@H](CN)[C@@H](O)[C@H](O)[C@H]3N)[C@H]2O)O1. The molecule has 0 spiro atoms. The molecule has 1 unspecified atom stereocenters. The molecule has 1 amide bonds. The molecule has 20 N–H and O–H groups in total. The van der Waals surface area contributed by atoms with Crippen molar-refractivity contribution in [3.8, 4) is 0 Å². The summed E-state index contributed by atoms with van der Waals surface area (Å²) in [5.74, 6) is -0.950. The number of carbonyl (C=O) groups excluding carboxylic acids is 1. The highest BCUT2D eigenvalue weighted by Gasteiger charge is 2.56. The topological polar surface area (TPSA) is 382 Å². The van der Waals surface area contributed by atoms with Gasteiger partial charge in [-0.2, -0.15) is 0 Å². The number of nitrogens with one attached hydrogen (secondary N) is 1. The molecule has 4 rings (SSSR count). The average Bonchev–Trinajstić information content (AvgIpc) is 3.37. The molecule has 3 heterocycles. The van der Waals surface area contributed by atoms with Crippen LogP contribution in [0.4, 0.5) is 0 Å². The summed E-state index contributed by atoms with van der Waals surface area (Å²) in [4.78, 5) is 12.7. The van der Waals surface area contributed by atoms with E-state index in [9.17, 15) is 40.5 Å². The van der Waals surface area contributed by atoms with E-state index in [1.54, 1.807) is 6.92 Å². The quantitative estimate of drug-likeness (QED) is 0.0842. The van der Waals surface area contributed by atoms with Gasteiger partial charge in [-0.3, -0.25) is 4.79 Å². The molecule has 0 aromatic carbocycles. The van der Waals surface area contributed by atoms with Crippen LogP contribution in [0.15, 0.2) is 0 Å². The van der Waals surface area contributed by atoms with Crippen molar-refractivity contribution in [1.82, 2.24) is 5.32 Å². The summed E-state index contributed by atoms with van der Waals surface area (Å²) in [6, 6.07) is -5.25. The standard InChI is InChI=1S/C28H55N7O14/c1-8(31)11-3-2-9(32)26(44-11)48-23-14(33)18(39)16(35-25(43)10(37)4-5-29)20(41)24(23)49-28-21(42)22(13(7-36)46-28)47-27-15(34)19(40)17(38)12(6-30)45-27/h8-24,26-28,36-42H,2-7,29-34H2,1H3,(H,35,43)/t8-,9+,10?,11-,12-,13+,14-,15+,16+,17+,18-,19+,20-,21+,22+,23+,24+,26+,27+,28-/m0/s1. The molecule has 0 bridgehead atoms. The number of aliphatic hydroxyl groups is 7. The Morgan fingerprint density at radius 1 is 0.796 bits per heavy atom. The molecule has 0 aromatic heterocycles. The fraction of sp³-hybridized carbons (Fsp3) is 0.964. The maximum Gasteiger partial charge on any atom is 0.249 e. The lowest BCUT2D eigenvalue weighted by Crippen LogP contribution is -2.73. The highest BCUT2D eigenvalue weighted by Crippen LogP contribution is 2.35. The highest BCUT2D eigenvalue weighted by molar-refractivity contribution is 5.80. The van der Waals surface area contributed by atoms with Crippen LogP contribution in [0, 0.1) is 0 Å². The van der Waals surface area contributed by atoms with Crippen LogP contribution in [0.2, 0.25) is 0 Å². The van der Waals surface area contributed by atoms with Gasteiger partial charge in [0.05, 0.1) is 43.0 Å². The third-order valence-corrected chi connectivity index (χ3v) is 9.58. The van der Waals surface area contributed by atoms with Crippen molar-refractivity contribution in [3.63, 3.8) is 0 Å². The molecule has 3 saturated heterocycles. The maximum absolute atomic E-state index is 12.7. The molecule has 3 aliphatic heterocycles. The molecule has 4 aliphatic rings. The minimum Gasteiger partial charge on any atom is -0.394 e. The van der Waals surface area contributed by atoms with Crippen molar-refractivity contribution in [2.24, 2.45) is 34.4 Å². The molecule has 1 aliphatic carbocycles. The van der Waals surface area contributed by atoms with Crippen molar-refractivity contribution in [1.29, 1.82) is 0 Å². The first kappa shape index (κ1) is 40.5. The molecule has 0 radical (unpaired) electrons. The first-order valence-electron chi connectivity index (χ1n) is 16.5. The van der Waals surface area contributed by atoms with E-state index < -0.39 is 129 Å². The average molecular weight is 714 g/mol. The van der Waals surface area contributed by atoms with Crippen LogP contribution in [-0.2, 0) is 33.2 Å². The van der Waals surface area contributed by atoms with E-state index in [1.807, 2.05) is 0 Å². The number of carbonyl (C=O) groups is 1. The predicted molar refractivity (Wildman–Crippen MR) is 165 cm³/mol. The van der Waals surface area contributed by atoms with E-state index in [0.29, 0.717) is 12.8 Å². The van der Waals surface area contributed by atoms with Gasteiger partial charge in [-0.05, 0) is 32.7 Å². The van der Waals surface area contributed by atoms with Gasteiger partial charge in [0.1, 0.15) is 61.0 Å². The first-order chi connectivity index (χ1) is 23.1. The third-order valence-electron chi connectivity index (χ3n) is 9.58. The summed E-state index contributed by atoms with van der Waals surface area (Å²) in [6.45, 7) is 0.819. The van der Waals surface area contributed by atoms with Crippen LogP contribution in [0.5, 0.6) is 0 Å². The minimum absolute atomic E-state index is 0.0228.